The highest BCUT2D eigenvalue weighted by Gasteiger charge is 2.72. The van der Waals surface area contributed by atoms with E-state index in [-0.39, 0.29) is 56.6 Å². The van der Waals surface area contributed by atoms with Crippen molar-refractivity contribution in [3.8, 4) is 47.7 Å². The van der Waals surface area contributed by atoms with Crippen LogP contribution in [0, 0.1) is 24.7 Å². The van der Waals surface area contributed by atoms with Crippen LogP contribution in [-0.4, -0.2) is 36.0 Å². The van der Waals surface area contributed by atoms with Crippen molar-refractivity contribution >= 4 is 35.0 Å². The van der Waals surface area contributed by atoms with Crippen molar-refractivity contribution in [2.45, 2.75) is 17.8 Å². The Bertz CT molecular complexity index is 2670. The topological polar surface area (TPSA) is 93.2 Å². The van der Waals surface area contributed by atoms with Gasteiger partial charge >= 0.3 is 12.4 Å². The molecular formula is C47H24F6N2O6. The van der Waals surface area contributed by atoms with E-state index in [1.54, 1.807) is 0 Å². The SMILES string of the molecule is C#Cc1ccc2c(c1)C(=O)N(c1ccc(Oc3ccc(C(c4ccc(Oc5ccc(N6C(=O)c7ccc(C#C)cc7C6=O)cc5)cc4)(C(F)(F)F)C(F)(F)F)cc3)cc1)C2=O. The van der Waals surface area contributed by atoms with Crippen LogP contribution in [0.15, 0.2) is 133 Å². The highest BCUT2D eigenvalue weighted by Crippen LogP contribution is 2.56. The molecule has 0 saturated carbocycles. The number of carbonyl (C=O) groups excluding carboxylic acids is 4. The Balaban J connectivity index is 0.993. The number of halogens is 6. The number of fused-ring (bicyclic) bond motifs is 2. The fraction of sp³-hybridized carbons (Fsp3) is 0.0638. The number of nitrogens with zero attached hydrogens (tertiary/aromatic N) is 2. The molecule has 0 saturated heterocycles. The normalized spacial score (nSPS) is 13.8. The predicted octanol–water partition coefficient (Wildman–Crippen LogP) is 10.2. The maximum absolute atomic E-state index is 14.9. The van der Waals surface area contributed by atoms with Gasteiger partial charge in [0.05, 0.1) is 33.6 Å². The monoisotopic (exact) mass is 826 g/mol. The maximum Gasteiger partial charge on any atom is 0.411 e. The van der Waals surface area contributed by atoms with E-state index in [4.69, 9.17) is 22.3 Å². The molecule has 6 aromatic rings. The molecule has 0 radical (unpaired) electrons. The second-order valence-electron chi connectivity index (χ2n) is 13.7. The second-order valence-corrected chi connectivity index (χ2v) is 13.7. The Morgan fingerprint density at radius 3 is 1.00 bits per heavy atom. The van der Waals surface area contributed by atoms with Gasteiger partial charge in [-0.15, -0.1) is 12.8 Å². The Labute approximate surface area is 342 Å². The Morgan fingerprint density at radius 2 is 0.705 bits per heavy atom. The number of carbonyl (C=O) groups is 4. The fourth-order valence-electron chi connectivity index (χ4n) is 7.26. The van der Waals surface area contributed by atoms with E-state index in [0.717, 1.165) is 34.1 Å². The van der Waals surface area contributed by atoms with Crippen LogP contribution in [0.25, 0.3) is 0 Å². The molecule has 0 fully saturated rings. The van der Waals surface area contributed by atoms with Crippen LogP contribution in [0.1, 0.15) is 63.7 Å². The van der Waals surface area contributed by atoms with Crippen molar-refractivity contribution in [3.63, 3.8) is 0 Å². The summed E-state index contributed by atoms with van der Waals surface area (Å²) in [6.45, 7) is 0. The molecule has 0 aliphatic carbocycles. The fourth-order valence-corrected chi connectivity index (χ4v) is 7.26. The zero-order valence-electron chi connectivity index (χ0n) is 31.0. The van der Waals surface area contributed by atoms with Gasteiger partial charge in [0.1, 0.15) is 23.0 Å². The van der Waals surface area contributed by atoms with Gasteiger partial charge in [-0.2, -0.15) is 26.3 Å². The van der Waals surface area contributed by atoms with Gasteiger partial charge < -0.3 is 9.47 Å². The molecule has 0 N–H and O–H groups in total. The van der Waals surface area contributed by atoms with E-state index >= 15 is 0 Å². The molecule has 14 heteroatoms. The predicted molar refractivity (Wildman–Crippen MR) is 210 cm³/mol. The van der Waals surface area contributed by atoms with Crippen molar-refractivity contribution in [1.29, 1.82) is 0 Å². The number of hydrogen-bond donors (Lipinski definition) is 0. The first-order valence-corrected chi connectivity index (χ1v) is 17.9. The van der Waals surface area contributed by atoms with E-state index in [1.807, 2.05) is 0 Å². The van der Waals surface area contributed by atoms with Gasteiger partial charge in [-0.1, -0.05) is 36.1 Å². The van der Waals surface area contributed by atoms with Crippen molar-refractivity contribution in [2.75, 3.05) is 9.80 Å². The summed E-state index contributed by atoms with van der Waals surface area (Å²) < 4.78 is 101. The van der Waals surface area contributed by atoms with Gasteiger partial charge in [-0.25, -0.2) is 9.80 Å². The number of imide groups is 2. The number of benzene rings is 6. The molecule has 8 nitrogen and oxygen atoms in total. The third-order valence-electron chi connectivity index (χ3n) is 10.2. The van der Waals surface area contributed by atoms with Crippen LogP contribution in [0.5, 0.6) is 23.0 Å². The lowest BCUT2D eigenvalue weighted by Crippen LogP contribution is -2.54. The van der Waals surface area contributed by atoms with Gasteiger partial charge in [-0.3, -0.25) is 19.2 Å². The molecule has 0 spiro atoms. The first-order chi connectivity index (χ1) is 29.0. The lowest BCUT2D eigenvalue weighted by Gasteiger charge is -2.38. The molecule has 61 heavy (non-hydrogen) atoms. The Morgan fingerprint density at radius 1 is 0.410 bits per heavy atom. The average molecular weight is 827 g/mol. The summed E-state index contributed by atoms with van der Waals surface area (Å²) in [6.07, 6.45) is -0.927. The summed E-state index contributed by atoms with van der Waals surface area (Å²) in [5, 5.41) is 0. The minimum Gasteiger partial charge on any atom is -0.457 e. The van der Waals surface area contributed by atoms with Gasteiger partial charge in [0.2, 0.25) is 5.41 Å². The van der Waals surface area contributed by atoms with Gasteiger partial charge in [0.25, 0.3) is 23.6 Å². The van der Waals surface area contributed by atoms with E-state index in [2.05, 4.69) is 11.8 Å². The Kier molecular flexibility index (Phi) is 9.52. The molecular weight excluding hydrogens is 803 g/mol. The summed E-state index contributed by atoms with van der Waals surface area (Å²) >= 11 is 0. The molecule has 4 amide bonds. The number of ether oxygens (including phenoxy) is 2. The number of rotatable bonds is 8. The number of amides is 4. The molecule has 2 aliphatic heterocycles. The summed E-state index contributed by atoms with van der Waals surface area (Å²) in [7, 11) is 0. The molecule has 2 aliphatic rings. The molecule has 6 aromatic carbocycles. The number of anilines is 2. The first kappa shape index (κ1) is 39.7. The number of alkyl halides is 6. The third-order valence-corrected chi connectivity index (χ3v) is 10.2. The second kappa shape index (κ2) is 14.6. The van der Waals surface area contributed by atoms with Crippen molar-refractivity contribution < 1.29 is 55.0 Å². The lowest BCUT2D eigenvalue weighted by molar-refractivity contribution is -0.288. The third kappa shape index (κ3) is 6.60. The average Bonchev–Trinajstić information content (AvgIpc) is 3.64. The smallest absolute Gasteiger partial charge is 0.411 e. The summed E-state index contributed by atoms with van der Waals surface area (Å²) in [6, 6.07) is 26.4. The summed E-state index contributed by atoms with van der Waals surface area (Å²) in [5.41, 5.74) is -4.96. The molecule has 0 bridgehead atoms. The number of terminal acetylenes is 2. The minimum atomic E-state index is -5.87. The highest BCUT2D eigenvalue weighted by atomic mass is 19.4. The van der Waals surface area contributed by atoms with E-state index in [1.165, 1.54) is 84.9 Å². The van der Waals surface area contributed by atoms with E-state index in [9.17, 15) is 45.5 Å². The largest absolute Gasteiger partial charge is 0.457 e. The zero-order chi connectivity index (χ0) is 43.4. The quantitative estimate of drug-likeness (QED) is 0.0862. The van der Waals surface area contributed by atoms with Crippen LogP contribution >= 0.6 is 0 Å². The minimum absolute atomic E-state index is 0.104. The van der Waals surface area contributed by atoms with Crippen molar-refractivity contribution in [2.24, 2.45) is 0 Å². The highest BCUT2D eigenvalue weighted by molar-refractivity contribution is 6.35. The van der Waals surface area contributed by atoms with Gasteiger partial charge in [0, 0.05) is 11.1 Å². The molecule has 300 valence electrons. The molecule has 8 rings (SSSR count). The summed E-state index contributed by atoms with van der Waals surface area (Å²) in [5.74, 6) is 2.45. The van der Waals surface area contributed by atoms with Crippen LogP contribution in [-0.2, 0) is 5.41 Å². The van der Waals surface area contributed by atoms with Crippen molar-refractivity contribution in [1.82, 2.24) is 0 Å². The zero-order valence-corrected chi connectivity index (χ0v) is 31.0. The van der Waals surface area contributed by atoms with E-state index in [0.29, 0.717) is 35.4 Å². The standard InChI is InChI=1S/C47H24F6N2O6/c1-3-27-5-23-37-39(25-27)43(58)54(41(37)56)31-11-19-35(20-12-31)60-33-15-7-29(8-16-33)45(46(48,49)50,47(51,52)53)30-9-17-34(18-10-30)61-36-21-13-32(14-22-36)55-42(57)38-24-6-28(4-2)26-40(38)44(55)59/h1-2,5-26H. The Hall–Kier alpha value is -8.10. The van der Waals surface area contributed by atoms with Crippen LogP contribution in [0.4, 0.5) is 37.7 Å². The van der Waals surface area contributed by atoms with Crippen molar-refractivity contribution in [3.05, 3.63) is 178 Å². The molecule has 0 aromatic heterocycles. The van der Waals surface area contributed by atoms with E-state index < -0.39 is 52.5 Å². The lowest BCUT2D eigenvalue weighted by atomic mass is 9.73. The van der Waals surface area contributed by atoms with Gasteiger partial charge in [-0.05, 0) is 120 Å². The maximum atomic E-state index is 14.9. The first-order valence-electron chi connectivity index (χ1n) is 17.9. The number of hydrogen-bond acceptors (Lipinski definition) is 6. The van der Waals surface area contributed by atoms with Gasteiger partial charge in [0.15, 0.2) is 0 Å². The van der Waals surface area contributed by atoms with Crippen LogP contribution < -0.4 is 19.3 Å². The molecule has 0 atom stereocenters. The summed E-state index contributed by atoms with van der Waals surface area (Å²) in [4.78, 5) is 53.9. The van der Waals surface area contributed by atoms with Crippen LogP contribution in [0.3, 0.4) is 0 Å². The molecule has 0 unspecified atom stereocenters. The molecule has 2 heterocycles. The van der Waals surface area contributed by atoms with Crippen LogP contribution in [0.2, 0.25) is 0 Å².